The molecule has 3 rings (SSSR count). The SMILES string of the molecule is Cc1cccc(CC(CNC(=O)CCn2cnc3sccc3c2=O)C(=O)O)c1. The molecular weight excluding hydrogens is 378 g/mol. The van der Waals surface area contributed by atoms with Gasteiger partial charge in [-0.15, -0.1) is 11.3 Å². The van der Waals surface area contributed by atoms with Crippen molar-refractivity contribution in [3.05, 3.63) is 63.5 Å². The van der Waals surface area contributed by atoms with E-state index in [1.54, 1.807) is 11.4 Å². The summed E-state index contributed by atoms with van der Waals surface area (Å²) >= 11 is 1.39. The summed E-state index contributed by atoms with van der Waals surface area (Å²) in [4.78, 5) is 40.8. The van der Waals surface area contributed by atoms with Gasteiger partial charge >= 0.3 is 5.97 Å². The van der Waals surface area contributed by atoms with Gasteiger partial charge < -0.3 is 10.4 Å². The monoisotopic (exact) mass is 399 g/mol. The van der Waals surface area contributed by atoms with E-state index in [1.807, 2.05) is 31.2 Å². The predicted octanol–water partition coefficient (Wildman–Crippen LogP) is 2.22. The van der Waals surface area contributed by atoms with Crippen LogP contribution in [0.1, 0.15) is 17.5 Å². The molecule has 0 radical (unpaired) electrons. The zero-order valence-electron chi connectivity index (χ0n) is 15.4. The Bertz CT molecular complexity index is 1060. The lowest BCUT2D eigenvalue weighted by molar-refractivity contribution is -0.141. The normalized spacial score (nSPS) is 12.0. The van der Waals surface area contributed by atoms with Crippen molar-refractivity contribution in [2.24, 2.45) is 5.92 Å². The second kappa shape index (κ2) is 8.79. The van der Waals surface area contributed by atoms with E-state index in [2.05, 4.69) is 10.3 Å². The highest BCUT2D eigenvalue weighted by Crippen LogP contribution is 2.13. The number of nitrogens with zero attached hydrogens (tertiary/aromatic N) is 2. The van der Waals surface area contributed by atoms with Crippen LogP contribution < -0.4 is 10.9 Å². The summed E-state index contributed by atoms with van der Waals surface area (Å²) in [6, 6.07) is 9.38. The average Bonchev–Trinajstić information content (AvgIpc) is 3.14. The first-order valence-electron chi connectivity index (χ1n) is 8.91. The molecule has 2 N–H and O–H groups in total. The Balaban J connectivity index is 1.55. The van der Waals surface area contributed by atoms with Gasteiger partial charge in [-0.3, -0.25) is 19.0 Å². The van der Waals surface area contributed by atoms with E-state index in [4.69, 9.17) is 0 Å². The van der Waals surface area contributed by atoms with Crippen LogP contribution in [0.3, 0.4) is 0 Å². The van der Waals surface area contributed by atoms with E-state index in [9.17, 15) is 19.5 Å². The van der Waals surface area contributed by atoms with Crippen LogP contribution in [-0.2, 0) is 22.6 Å². The summed E-state index contributed by atoms with van der Waals surface area (Å²) in [6.45, 7) is 2.18. The van der Waals surface area contributed by atoms with Gasteiger partial charge in [-0.05, 0) is 30.4 Å². The minimum absolute atomic E-state index is 0.0405. The molecule has 1 aromatic carbocycles. The molecule has 0 aliphatic rings. The molecule has 28 heavy (non-hydrogen) atoms. The lowest BCUT2D eigenvalue weighted by atomic mass is 9.98. The van der Waals surface area contributed by atoms with Crippen molar-refractivity contribution in [3.63, 3.8) is 0 Å². The molecule has 0 spiro atoms. The Hall–Kier alpha value is -3.00. The molecule has 0 aliphatic carbocycles. The van der Waals surface area contributed by atoms with Gasteiger partial charge in [0.25, 0.3) is 5.56 Å². The number of benzene rings is 1. The summed E-state index contributed by atoms with van der Waals surface area (Å²) in [5, 5.41) is 14.4. The summed E-state index contributed by atoms with van der Waals surface area (Å²) in [6.07, 6.45) is 1.86. The van der Waals surface area contributed by atoms with Crippen LogP contribution in [0.15, 0.2) is 46.8 Å². The number of aryl methyl sites for hydroxylation is 2. The minimum Gasteiger partial charge on any atom is -0.481 e. The van der Waals surface area contributed by atoms with Crippen LogP contribution in [-0.4, -0.2) is 33.1 Å². The lowest BCUT2D eigenvalue weighted by Crippen LogP contribution is -2.35. The number of carbonyl (C=O) groups excluding carboxylic acids is 1. The topological polar surface area (TPSA) is 101 Å². The molecule has 0 saturated heterocycles. The first-order chi connectivity index (χ1) is 13.4. The molecule has 0 saturated carbocycles. The number of carboxylic acid groups (broad SMARTS) is 1. The van der Waals surface area contributed by atoms with Crippen LogP contribution in [0.5, 0.6) is 0 Å². The third-order valence-electron chi connectivity index (χ3n) is 4.49. The second-order valence-corrected chi connectivity index (χ2v) is 7.56. The maximum atomic E-state index is 12.3. The fourth-order valence-corrected chi connectivity index (χ4v) is 3.69. The largest absolute Gasteiger partial charge is 0.481 e. The molecule has 0 fully saturated rings. The summed E-state index contributed by atoms with van der Waals surface area (Å²) < 4.78 is 1.40. The van der Waals surface area contributed by atoms with Crippen LogP contribution in [0.25, 0.3) is 10.2 Å². The highest BCUT2D eigenvalue weighted by atomic mass is 32.1. The van der Waals surface area contributed by atoms with E-state index in [1.165, 1.54) is 22.2 Å². The molecule has 2 heterocycles. The Morgan fingerprint density at radius 2 is 2.14 bits per heavy atom. The zero-order chi connectivity index (χ0) is 20.1. The summed E-state index contributed by atoms with van der Waals surface area (Å²) in [5.74, 6) is -1.96. The number of aromatic nitrogens is 2. The summed E-state index contributed by atoms with van der Waals surface area (Å²) in [5.41, 5.74) is 1.80. The maximum Gasteiger partial charge on any atom is 0.308 e. The molecule has 7 nitrogen and oxygen atoms in total. The van der Waals surface area contributed by atoms with E-state index in [-0.39, 0.29) is 31.0 Å². The van der Waals surface area contributed by atoms with Gasteiger partial charge in [0.15, 0.2) is 0 Å². The van der Waals surface area contributed by atoms with E-state index in [0.29, 0.717) is 16.6 Å². The standard InChI is InChI=1S/C20H21N3O4S/c1-13-3-2-4-14(9-13)10-15(20(26)27)11-21-17(24)5-7-23-12-22-18-16(19(23)25)6-8-28-18/h2-4,6,8-9,12,15H,5,7,10-11H2,1H3,(H,21,24)(H,26,27). The quantitative estimate of drug-likeness (QED) is 0.605. The van der Waals surface area contributed by atoms with Gasteiger partial charge in [-0.25, -0.2) is 4.98 Å². The number of rotatable bonds is 8. The maximum absolute atomic E-state index is 12.3. The number of amides is 1. The third kappa shape index (κ3) is 4.83. The highest BCUT2D eigenvalue weighted by Gasteiger charge is 2.19. The van der Waals surface area contributed by atoms with Gasteiger partial charge in [-0.1, -0.05) is 29.8 Å². The molecular formula is C20H21N3O4S. The van der Waals surface area contributed by atoms with Crippen LogP contribution in [0.4, 0.5) is 0 Å². The van der Waals surface area contributed by atoms with Crippen molar-refractivity contribution >= 4 is 33.4 Å². The van der Waals surface area contributed by atoms with Crippen molar-refractivity contribution in [2.75, 3.05) is 6.54 Å². The van der Waals surface area contributed by atoms with Crippen molar-refractivity contribution in [1.29, 1.82) is 0 Å². The van der Waals surface area contributed by atoms with E-state index >= 15 is 0 Å². The minimum atomic E-state index is -0.954. The Morgan fingerprint density at radius 3 is 2.89 bits per heavy atom. The number of thiophene rings is 1. The fraction of sp³-hybridized carbons (Fsp3) is 0.300. The zero-order valence-corrected chi connectivity index (χ0v) is 16.2. The van der Waals surface area contributed by atoms with Gasteiger partial charge in [0, 0.05) is 19.5 Å². The Kier molecular flexibility index (Phi) is 6.20. The van der Waals surface area contributed by atoms with Crippen molar-refractivity contribution in [3.8, 4) is 0 Å². The van der Waals surface area contributed by atoms with Crippen LogP contribution in [0.2, 0.25) is 0 Å². The summed E-state index contributed by atoms with van der Waals surface area (Å²) in [7, 11) is 0. The number of hydrogen-bond donors (Lipinski definition) is 2. The number of carboxylic acids is 1. The molecule has 146 valence electrons. The average molecular weight is 399 g/mol. The smallest absolute Gasteiger partial charge is 0.308 e. The van der Waals surface area contributed by atoms with Gasteiger partial charge in [0.1, 0.15) is 4.83 Å². The Morgan fingerprint density at radius 1 is 1.32 bits per heavy atom. The number of carbonyl (C=O) groups is 2. The van der Waals surface area contributed by atoms with Gasteiger partial charge in [0.05, 0.1) is 17.6 Å². The Labute approximate surface area is 165 Å². The predicted molar refractivity (Wildman–Crippen MR) is 108 cm³/mol. The first kappa shape index (κ1) is 19.8. The van der Waals surface area contributed by atoms with Gasteiger partial charge in [-0.2, -0.15) is 0 Å². The van der Waals surface area contributed by atoms with Crippen LogP contribution in [0, 0.1) is 12.8 Å². The first-order valence-corrected chi connectivity index (χ1v) is 9.79. The third-order valence-corrected chi connectivity index (χ3v) is 5.31. The number of aliphatic carboxylic acids is 1. The van der Waals surface area contributed by atoms with E-state index < -0.39 is 11.9 Å². The van der Waals surface area contributed by atoms with Crippen molar-refractivity contribution in [2.45, 2.75) is 26.3 Å². The number of fused-ring (bicyclic) bond motifs is 1. The second-order valence-electron chi connectivity index (χ2n) is 6.66. The molecule has 0 aliphatic heterocycles. The van der Waals surface area contributed by atoms with Crippen molar-refractivity contribution < 1.29 is 14.7 Å². The molecule has 3 aromatic rings. The van der Waals surface area contributed by atoms with Gasteiger partial charge in [0.2, 0.25) is 5.91 Å². The fourth-order valence-electron chi connectivity index (χ4n) is 2.97. The molecule has 1 unspecified atom stereocenters. The number of hydrogen-bond acceptors (Lipinski definition) is 5. The highest BCUT2D eigenvalue weighted by molar-refractivity contribution is 7.16. The van der Waals surface area contributed by atoms with E-state index in [0.717, 1.165) is 11.1 Å². The molecule has 1 amide bonds. The van der Waals surface area contributed by atoms with Crippen molar-refractivity contribution in [1.82, 2.24) is 14.9 Å². The van der Waals surface area contributed by atoms with Crippen LogP contribution >= 0.6 is 11.3 Å². The molecule has 0 bridgehead atoms. The number of nitrogens with one attached hydrogen (secondary N) is 1. The molecule has 1 atom stereocenters. The lowest BCUT2D eigenvalue weighted by Gasteiger charge is -2.14. The molecule has 2 aromatic heterocycles. The molecule has 8 heteroatoms.